The average molecular weight is 593 g/mol. The Hall–Kier alpha value is -3.34. The standard InChI is InChI=1S/C32H34F2N4O3S/c1-20-14-25(8-7-21(20)15-27-26-6-5-11-35-28(26)37-29(27)39)42(41)13-12-38-30(40)32(9-3-4-10-32)36-19-31(38,2)22-16-23(33)18-24(34)17-22/h5-8,11,14,16-18,27,36H,3-4,9-10,12-13,15,19H2,1-2H3,(H,35,37,39)/t27-,31-,42?/m0/s1. The summed E-state index contributed by atoms with van der Waals surface area (Å²) in [6, 6.07) is 12.7. The molecule has 7 nitrogen and oxygen atoms in total. The van der Waals surface area contributed by atoms with E-state index >= 15 is 0 Å². The Morgan fingerprint density at radius 1 is 1.10 bits per heavy atom. The van der Waals surface area contributed by atoms with Gasteiger partial charge < -0.3 is 20.1 Å². The van der Waals surface area contributed by atoms with Crippen LogP contribution in [0.4, 0.5) is 14.6 Å². The van der Waals surface area contributed by atoms with Gasteiger partial charge in [-0.1, -0.05) is 25.0 Å². The van der Waals surface area contributed by atoms with Crippen molar-refractivity contribution in [2.24, 2.45) is 0 Å². The number of benzene rings is 2. The third-order valence-electron chi connectivity index (χ3n) is 9.24. The molecule has 42 heavy (non-hydrogen) atoms. The van der Waals surface area contributed by atoms with Gasteiger partial charge in [0, 0.05) is 24.4 Å². The first kappa shape index (κ1) is 28.8. The molecule has 1 saturated carbocycles. The molecule has 3 aliphatic rings. The zero-order chi connectivity index (χ0) is 29.6. The first-order chi connectivity index (χ1) is 20.1. The lowest BCUT2D eigenvalue weighted by Crippen LogP contribution is -2.70. The highest BCUT2D eigenvalue weighted by molar-refractivity contribution is 7.91. The Balaban J connectivity index is 1.21. The molecule has 2 aliphatic heterocycles. The van der Waals surface area contributed by atoms with Crippen molar-refractivity contribution in [3.63, 3.8) is 0 Å². The topological polar surface area (TPSA) is 97.4 Å². The number of rotatable bonds is 7. The van der Waals surface area contributed by atoms with E-state index < -0.39 is 33.9 Å². The van der Waals surface area contributed by atoms with Crippen molar-refractivity contribution in [2.45, 2.75) is 67.8 Å². The fourth-order valence-corrected chi connectivity index (χ4v) is 7.85. The molecule has 1 saturated heterocycles. The van der Waals surface area contributed by atoms with Gasteiger partial charge in [0.15, 0.2) is 4.90 Å². The van der Waals surface area contributed by atoms with Gasteiger partial charge in [-0.25, -0.2) is 13.8 Å². The predicted molar refractivity (Wildman–Crippen MR) is 156 cm³/mol. The van der Waals surface area contributed by atoms with Gasteiger partial charge in [0.05, 0.1) is 23.5 Å². The Bertz CT molecular complexity index is 1530. The summed E-state index contributed by atoms with van der Waals surface area (Å²) in [7, 11) is 0. The summed E-state index contributed by atoms with van der Waals surface area (Å²) in [4.78, 5) is 33.1. The Kier molecular flexibility index (Phi) is 7.57. The molecule has 1 aliphatic carbocycles. The number of aromatic nitrogens is 1. The van der Waals surface area contributed by atoms with Gasteiger partial charge in [-0.15, -0.1) is 0 Å². The summed E-state index contributed by atoms with van der Waals surface area (Å²) < 4.78 is 42.1. The second-order valence-electron chi connectivity index (χ2n) is 11.9. The first-order valence-electron chi connectivity index (χ1n) is 14.4. The van der Waals surface area contributed by atoms with Crippen LogP contribution in [0.2, 0.25) is 0 Å². The predicted octanol–water partition coefficient (Wildman–Crippen LogP) is 4.71. The second kappa shape index (κ2) is 11.1. The van der Waals surface area contributed by atoms with Crippen LogP contribution in [0.3, 0.4) is 0 Å². The van der Waals surface area contributed by atoms with Gasteiger partial charge in [0.2, 0.25) is 11.8 Å². The number of aryl methyl sites for hydroxylation is 1. The van der Waals surface area contributed by atoms with Crippen LogP contribution in [-0.4, -0.2) is 50.6 Å². The van der Waals surface area contributed by atoms with E-state index in [2.05, 4.69) is 15.6 Å². The van der Waals surface area contributed by atoms with Crippen molar-refractivity contribution in [1.29, 1.82) is 0 Å². The van der Waals surface area contributed by atoms with Crippen molar-refractivity contribution in [3.8, 4) is 0 Å². The van der Waals surface area contributed by atoms with Crippen LogP contribution in [0.5, 0.6) is 0 Å². The van der Waals surface area contributed by atoms with E-state index in [1.165, 1.54) is 12.1 Å². The molecule has 2 N–H and O–H groups in total. The number of nitrogens with one attached hydrogen (secondary N) is 2. The van der Waals surface area contributed by atoms with Gasteiger partial charge in [0.25, 0.3) is 0 Å². The smallest absolute Gasteiger partial charge is 0.243 e. The maximum atomic E-state index is 14.3. The van der Waals surface area contributed by atoms with E-state index in [0.717, 1.165) is 35.6 Å². The molecule has 1 unspecified atom stereocenters. The molecule has 0 radical (unpaired) electrons. The molecule has 1 aromatic heterocycles. The third-order valence-corrected chi connectivity index (χ3v) is 10.6. The molecule has 3 heterocycles. The molecular formula is C32H34F2N4O3S. The van der Waals surface area contributed by atoms with E-state index in [1.807, 2.05) is 44.2 Å². The summed E-state index contributed by atoms with van der Waals surface area (Å²) in [6.07, 6.45) is 5.43. The van der Waals surface area contributed by atoms with Crippen LogP contribution in [0.25, 0.3) is 0 Å². The molecule has 2 aromatic carbocycles. The summed E-state index contributed by atoms with van der Waals surface area (Å²) in [5.41, 5.74) is 1.45. The number of pyridine rings is 1. The summed E-state index contributed by atoms with van der Waals surface area (Å²) >= 11 is -1.43. The van der Waals surface area contributed by atoms with Crippen LogP contribution in [0.1, 0.15) is 60.8 Å². The monoisotopic (exact) mass is 592 g/mol. The number of hydrogen-bond donors (Lipinski definition) is 2. The van der Waals surface area contributed by atoms with Gasteiger partial charge in [-0.3, -0.25) is 9.59 Å². The minimum atomic E-state index is -1.43. The quantitative estimate of drug-likeness (QED) is 0.388. The van der Waals surface area contributed by atoms with Gasteiger partial charge in [-0.2, -0.15) is 0 Å². The second-order valence-corrected chi connectivity index (χ2v) is 13.4. The molecule has 6 rings (SSSR count). The van der Waals surface area contributed by atoms with Gasteiger partial charge in [-0.05, 0) is 91.3 Å². The maximum absolute atomic E-state index is 14.3. The summed E-state index contributed by atoms with van der Waals surface area (Å²) in [6.45, 7) is 4.26. The zero-order valence-electron chi connectivity index (χ0n) is 23.7. The fraction of sp³-hybridized carbons (Fsp3) is 0.406. The van der Waals surface area contributed by atoms with Gasteiger partial charge in [0.1, 0.15) is 23.2 Å². The number of nitrogens with zero attached hydrogens (tertiary/aromatic N) is 2. The first-order valence-corrected chi connectivity index (χ1v) is 15.7. The van der Waals surface area contributed by atoms with E-state index in [4.69, 9.17) is 0 Å². The minimum Gasteiger partial charge on any atom is -0.611 e. The fourth-order valence-electron chi connectivity index (χ4n) is 6.74. The Labute approximate surface area is 247 Å². The third kappa shape index (κ3) is 5.09. The van der Waals surface area contributed by atoms with E-state index in [0.29, 0.717) is 42.1 Å². The SMILES string of the molecule is Cc1cc([S+]([O-])CCN2C(=O)C3(CCCC3)NC[C@@]2(C)c2cc(F)cc(F)c2)ccc1C[C@@H]1C(=O)Nc2ncccc21. The number of carbonyl (C=O) groups excluding carboxylic acids is 2. The lowest BCUT2D eigenvalue weighted by Gasteiger charge is -2.51. The lowest BCUT2D eigenvalue weighted by molar-refractivity contribution is -0.150. The summed E-state index contributed by atoms with van der Waals surface area (Å²) in [5, 5.41) is 6.26. The molecule has 1 spiro atoms. The van der Waals surface area contributed by atoms with Crippen molar-refractivity contribution < 1.29 is 22.9 Å². The van der Waals surface area contributed by atoms with Crippen LogP contribution in [-0.2, 0) is 32.7 Å². The molecule has 220 valence electrons. The zero-order valence-corrected chi connectivity index (χ0v) is 24.5. The van der Waals surface area contributed by atoms with Crippen LogP contribution >= 0.6 is 0 Å². The van der Waals surface area contributed by atoms with E-state index in [1.54, 1.807) is 11.1 Å². The van der Waals surface area contributed by atoms with Crippen molar-refractivity contribution in [3.05, 3.63) is 88.6 Å². The number of amides is 2. The molecule has 3 atom stereocenters. The average Bonchev–Trinajstić information content (AvgIpc) is 3.56. The molecule has 3 aromatic rings. The lowest BCUT2D eigenvalue weighted by atomic mass is 9.81. The normalized spacial score (nSPS) is 23.7. The Morgan fingerprint density at radius 3 is 2.55 bits per heavy atom. The van der Waals surface area contributed by atoms with Crippen molar-refractivity contribution in [2.75, 3.05) is 24.2 Å². The largest absolute Gasteiger partial charge is 0.611 e. The molecule has 2 amide bonds. The molecule has 0 bridgehead atoms. The minimum absolute atomic E-state index is 0.0855. The van der Waals surface area contributed by atoms with Crippen molar-refractivity contribution >= 4 is 28.8 Å². The van der Waals surface area contributed by atoms with E-state index in [9.17, 15) is 22.9 Å². The van der Waals surface area contributed by atoms with E-state index in [-0.39, 0.29) is 30.0 Å². The van der Waals surface area contributed by atoms with Crippen LogP contribution in [0, 0.1) is 18.6 Å². The molecular weight excluding hydrogens is 558 g/mol. The number of carbonyl (C=O) groups is 2. The number of piperazine rings is 1. The highest BCUT2D eigenvalue weighted by Crippen LogP contribution is 2.41. The number of anilines is 1. The van der Waals surface area contributed by atoms with Crippen molar-refractivity contribution in [1.82, 2.24) is 15.2 Å². The van der Waals surface area contributed by atoms with Crippen LogP contribution < -0.4 is 10.6 Å². The Morgan fingerprint density at radius 2 is 1.83 bits per heavy atom. The van der Waals surface area contributed by atoms with Crippen LogP contribution in [0.15, 0.2) is 59.6 Å². The highest BCUT2D eigenvalue weighted by atomic mass is 32.2. The van der Waals surface area contributed by atoms with Gasteiger partial charge >= 0.3 is 0 Å². The molecule has 2 fully saturated rings. The highest BCUT2D eigenvalue weighted by Gasteiger charge is 2.53. The molecule has 10 heteroatoms. The number of halogens is 2. The summed E-state index contributed by atoms with van der Waals surface area (Å²) in [5.74, 6) is -1.15. The number of hydrogen-bond acceptors (Lipinski definition) is 5. The maximum Gasteiger partial charge on any atom is 0.243 e. The number of fused-ring (bicyclic) bond motifs is 1.